The Bertz CT molecular complexity index is 4390. The van der Waals surface area contributed by atoms with E-state index in [9.17, 15) is 131 Å². The van der Waals surface area contributed by atoms with Gasteiger partial charge in [0, 0.05) is 60.6 Å². The summed E-state index contributed by atoms with van der Waals surface area (Å²) in [6, 6.07) is -12.6. The van der Waals surface area contributed by atoms with E-state index in [0.29, 0.717) is 29.3 Å². The minimum Gasteiger partial charge on any atom is -0.481 e. The third kappa shape index (κ3) is 35.9. The molecular formula is C77H109N19O28. The summed E-state index contributed by atoms with van der Waals surface area (Å²) < 4.78 is 5.70. The van der Waals surface area contributed by atoms with Crippen molar-refractivity contribution in [3.8, 4) is 0 Å². The van der Waals surface area contributed by atoms with Gasteiger partial charge in [0.25, 0.3) is 0 Å². The number of rotatable bonds is 40. The van der Waals surface area contributed by atoms with Crippen LogP contribution in [0.15, 0.2) is 54.7 Å². The number of unbranched alkanes of at least 4 members (excludes halogenated alkanes) is 6. The normalized spacial score (nSPS) is 20.7. The predicted molar refractivity (Wildman–Crippen MR) is 431 cm³/mol. The summed E-state index contributed by atoms with van der Waals surface area (Å²) >= 11 is 0. The molecule has 1 aliphatic heterocycles. The number of fused-ring (bicyclic) bond motifs is 1. The van der Waals surface area contributed by atoms with Crippen LogP contribution in [0.1, 0.15) is 159 Å². The van der Waals surface area contributed by atoms with E-state index >= 15 is 0 Å². The highest BCUT2D eigenvalue weighted by Gasteiger charge is 2.41. The molecule has 0 aliphatic carbocycles. The first kappa shape index (κ1) is 103. The van der Waals surface area contributed by atoms with Crippen molar-refractivity contribution >= 4 is 147 Å². The number of aliphatic hydroxyl groups excluding tert-OH is 1. The van der Waals surface area contributed by atoms with Crippen molar-refractivity contribution in [2.24, 2.45) is 23.1 Å². The van der Waals surface area contributed by atoms with Crippen LogP contribution in [-0.2, 0) is 112 Å². The fraction of sp³-hybridized carbons (Fsp3) is 0.532. The van der Waals surface area contributed by atoms with Gasteiger partial charge in [-0.1, -0.05) is 82.7 Å². The zero-order valence-electron chi connectivity index (χ0n) is 68.5. The number of aliphatic carboxylic acids is 4. The van der Waals surface area contributed by atoms with Gasteiger partial charge in [-0.25, -0.2) is 4.79 Å². The van der Waals surface area contributed by atoms with Crippen molar-refractivity contribution in [2.75, 3.05) is 32.0 Å². The molecule has 0 spiro atoms. The number of hydrogen-bond acceptors (Lipinski definition) is 26. The molecule has 14 unspecified atom stereocenters. The summed E-state index contributed by atoms with van der Waals surface area (Å²) in [5, 5.41) is 81.2. The van der Waals surface area contributed by atoms with Crippen molar-refractivity contribution < 1.29 is 136 Å². The maximum atomic E-state index is 14.9. The fourth-order valence-corrected chi connectivity index (χ4v) is 12.5. The molecule has 2 aromatic carbocycles. The molecule has 47 heteroatoms. The Morgan fingerprint density at radius 2 is 1.08 bits per heavy atom. The molecule has 28 N–H and O–H groups in total. The Balaban J connectivity index is 1.92. The Hall–Kier alpha value is -13.8. The summed E-state index contributed by atoms with van der Waals surface area (Å²) in [6.45, 7) is 0.670. The first-order valence-corrected chi connectivity index (χ1v) is 39.6. The molecule has 3 aromatic rings. The number of aromatic amines is 1. The standard InChI is InChI=1S/C77H109N19O28/c1-5-6-7-8-9-10-11-22-57(101)88-47(27-40-33-83-45-20-15-13-17-41(40)45)71(117)91-48(29-56(81)100)72(118)93-51(32-63(110)111)73(119)96-65-39(4)124-77(123)52(28-54(98)42-18-12-14-19-43(42)78)94-76(122)64(37(2)26-60(104)105)95-74(120)53(36-97)89-59(103)34-84-68(114)49(30-61(106)107)90-66(112)38(3)86-70(116)50(31-62(108)109)92-69(115)46(87-58(102)35-85-75(65)121)21-16-25-82-67(113)44(79)23-24-55(80)99/h12-15,17-20,33,37-39,44,46-53,64-65,83,97H,5-11,16,21-32,34-36,78-79H2,1-4H3,(H2,80,99)(H2,81,100)(H,82,113)(H,84,114)(H,85,121)(H,86,116)(H,87,102)(H,88,101)(H,89,103)(H,90,112)(H,91,117)(H,92,115)(H,93,118)(H,94,122)(H,95,120)(H,96,119)(H,104,105)(H,106,107)(H,108,109)(H,110,111). The minimum absolute atomic E-state index is 0.0380. The monoisotopic (exact) mass is 1750 g/mol. The lowest BCUT2D eigenvalue weighted by Crippen LogP contribution is -2.62. The number of benzene rings is 2. The minimum atomic E-state index is -2.52. The number of aromatic nitrogens is 1. The van der Waals surface area contributed by atoms with Crippen molar-refractivity contribution in [1.82, 2.24) is 79.4 Å². The van der Waals surface area contributed by atoms with Gasteiger partial charge in [-0.3, -0.25) is 101 Å². The molecular weight excluding hydrogens is 1640 g/mol. The van der Waals surface area contributed by atoms with Crippen LogP contribution in [-0.4, -0.2) is 266 Å². The number of primary amides is 2. The van der Waals surface area contributed by atoms with Gasteiger partial charge in [0.2, 0.25) is 94.5 Å². The Kier molecular flexibility index (Phi) is 42.8. The van der Waals surface area contributed by atoms with Crippen molar-refractivity contribution in [3.05, 3.63) is 65.9 Å². The van der Waals surface area contributed by atoms with Gasteiger partial charge in [-0.2, -0.15) is 0 Å². The third-order valence-electron chi connectivity index (χ3n) is 19.2. The quantitative estimate of drug-likeness (QED) is 0.0109. The molecule has 4 rings (SSSR count). The van der Waals surface area contributed by atoms with Crippen LogP contribution in [0.4, 0.5) is 5.69 Å². The van der Waals surface area contributed by atoms with Gasteiger partial charge in [0.1, 0.15) is 72.6 Å². The molecule has 47 nitrogen and oxygen atoms in total. The number of ketones is 1. The lowest BCUT2D eigenvalue weighted by molar-refractivity contribution is -0.156. The smallest absolute Gasteiger partial charge is 0.329 e. The number of nitrogens with one attached hydrogen (secondary N) is 15. The van der Waals surface area contributed by atoms with E-state index in [1.165, 1.54) is 24.3 Å². The van der Waals surface area contributed by atoms with E-state index in [4.69, 9.17) is 27.7 Å². The number of nitrogen functional groups attached to an aromatic ring is 1. The van der Waals surface area contributed by atoms with Gasteiger partial charge in [0.05, 0.1) is 57.8 Å². The highest BCUT2D eigenvalue weighted by molar-refractivity contribution is 6.05. The number of amides is 16. The molecule has 0 saturated carbocycles. The Morgan fingerprint density at radius 3 is 1.69 bits per heavy atom. The maximum absolute atomic E-state index is 14.9. The molecule has 680 valence electrons. The molecule has 16 amide bonds. The van der Waals surface area contributed by atoms with Crippen molar-refractivity contribution in [3.63, 3.8) is 0 Å². The summed E-state index contributed by atoms with van der Waals surface area (Å²) in [5.74, 6) is -32.3. The number of carbonyl (C=O) groups excluding carboxylic acids is 18. The Morgan fingerprint density at radius 1 is 0.532 bits per heavy atom. The predicted octanol–water partition coefficient (Wildman–Crippen LogP) is -6.87. The van der Waals surface area contributed by atoms with Crippen molar-refractivity contribution in [1.29, 1.82) is 0 Å². The molecule has 1 aromatic heterocycles. The molecule has 2 heterocycles. The number of nitrogens with two attached hydrogens (primary N) is 4. The van der Waals surface area contributed by atoms with E-state index in [-0.39, 0.29) is 49.9 Å². The number of esters is 1. The highest BCUT2D eigenvalue weighted by Crippen LogP contribution is 2.22. The van der Waals surface area contributed by atoms with Crippen LogP contribution in [0.3, 0.4) is 0 Å². The zero-order chi connectivity index (χ0) is 92.6. The highest BCUT2D eigenvalue weighted by atomic mass is 16.5. The fourth-order valence-electron chi connectivity index (χ4n) is 12.5. The number of anilines is 1. The van der Waals surface area contributed by atoms with E-state index in [1.807, 2.05) is 16.0 Å². The van der Waals surface area contributed by atoms with Crippen LogP contribution < -0.4 is 97.4 Å². The molecule has 1 saturated heterocycles. The molecule has 0 radical (unpaired) electrons. The Labute approximate surface area is 708 Å². The largest absolute Gasteiger partial charge is 0.481 e. The molecule has 0 bridgehead atoms. The van der Waals surface area contributed by atoms with Gasteiger partial charge in [-0.15, -0.1) is 0 Å². The van der Waals surface area contributed by atoms with Crippen LogP contribution in [0, 0.1) is 5.92 Å². The SMILES string of the molecule is CCCCCCCCCC(=O)NC(Cc1c[nH]c2ccccc12)C(=O)NC(CC(N)=O)C(=O)NC(CC(=O)O)C(=O)NC1C(=O)NCC(=O)NC(CCCNC(=O)C(N)CCC(N)=O)C(=O)NC(CC(=O)O)C(=O)NC(C)C(=O)NC(CC(=O)O)C(=O)NCC(=O)NC(CO)C(=O)NC(C(C)CC(=O)O)C(=O)NC(CC(=O)c2ccccc2N)C(=O)OC1C. The second kappa shape index (κ2) is 51.8. The first-order chi connectivity index (χ1) is 58.5. The lowest BCUT2D eigenvalue weighted by atomic mass is 9.96. The van der Waals surface area contributed by atoms with Crippen LogP contribution in [0.2, 0.25) is 0 Å². The average molecular weight is 1750 g/mol. The van der Waals surface area contributed by atoms with E-state index in [1.54, 1.807) is 30.5 Å². The van der Waals surface area contributed by atoms with Gasteiger partial charge in [-0.05, 0) is 69.2 Å². The van der Waals surface area contributed by atoms with E-state index < -0.39 is 279 Å². The summed E-state index contributed by atoms with van der Waals surface area (Å²) in [4.78, 5) is 303. The number of hydrogen-bond donors (Lipinski definition) is 24. The topological polar surface area (TPSA) is 774 Å². The maximum Gasteiger partial charge on any atom is 0.329 e. The number of Topliss-reactive ketones (excluding diaryl/α,β-unsaturated/α-hetero) is 1. The lowest BCUT2D eigenvalue weighted by Gasteiger charge is -2.30. The van der Waals surface area contributed by atoms with Crippen molar-refractivity contribution in [2.45, 2.75) is 228 Å². The summed E-state index contributed by atoms with van der Waals surface area (Å²) in [7, 11) is 0. The summed E-state index contributed by atoms with van der Waals surface area (Å²) in [6.07, 6.45) is -3.76. The number of para-hydroxylation sites is 2. The number of carbonyl (C=O) groups is 22. The second-order valence-corrected chi connectivity index (χ2v) is 29.4. The number of cyclic esters (lactones) is 1. The zero-order valence-corrected chi connectivity index (χ0v) is 68.5. The first-order valence-electron chi connectivity index (χ1n) is 39.6. The number of carboxylic acid groups (broad SMARTS) is 4. The second-order valence-electron chi connectivity index (χ2n) is 29.4. The average Bonchev–Trinajstić information content (AvgIpc) is 1.64. The van der Waals surface area contributed by atoms with Crippen LogP contribution in [0.5, 0.6) is 0 Å². The number of ether oxygens (including phenoxy) is 1. The van der Waals surface area contributed by atoms with Gasteiger partial charge < -0.3 is 133 Å². The third-order valence-corrected chi connectivity index (χ3v) is 19.2. The molecule has 1 aliphatic rings. The number of aliphatic hydroxyl groups is 1. The van der Waals surface area contributed by atoms with Gasteiger partial charge in [0.15, 0.2) is 5.78 Å². The molecule has 124 heavy (non-hydrogen) atoms. The summed E-state index contributed by atoms with van der Waals surface area (Å²) in [5.41, 5.74) is 23.4. The number of H-pyrrole nitrogens is 1. The number of carboxylic acids is 4. The van der Waals surface area contributed by atoms with E-state index in [0.717, 1.165) is 52.9 Å². The van der Waals surface area contributed by atoms with E-state index in [2.05, 4.69) is 70.4 Å². The molecule has 14 atom stereocenters. The van der Waals surface area contributed by atoms with Gasteiger partial charge >= 0.3 is 29.8 Å². The van der Waals surface area contributed by atoms with Crippen LogP contribution >= 0.6 is 0 Å². The van der Waals surface area contributed by atoms with Crippen LogP contribution in [0.25, 0.3) is 10.9 Å². The molecule has 1 fully saturated rings.